The van der Waals surface area contributed by atoms with Crippen LogP contribution in [0.5, 0.6) is 5.75 Å². The van der Waals surface area contributed by atoms with Crippen LogP contribution in [-0.4, -0.2) is 48.5 Å². The molecule has 0 aliphatic carbocycles. The number of amides is 1. The van der Waals surface area contributed by atoms with Gasteiger partial charge in [0.2, 0.25) is 0 Å². The zero-order valence-electron chi connectivity index (χ0n) is 19.7. The van der Waals surface area contributed by atoms with Crippen LogP contribution in [0, 0.1) is 0 Å². The molecule has 0 radical (unpaired) electrons. The molecule has 0 bridgehead atoms. The summed E-state index contributed by atoms with van der Waals surface area (Å²) >= 11 is 0. The Labute approximate surface area is 200 Å². The van der Waals surface area contributed by atoms with Crippen molar-refractivity contribution in [1.29, 1.82) is 0 Å². The van der Waals surface area contributed by atoms with Gasteiger partial charge in [0.25, 0.3) is 5.91 Å². The van der Waals surface area contributed by atoms with E-state index >= 15 is 0 Å². The Kier molecular flexibility index (Phi) is 7.07. The maximum Gasteiger partial charge on any atom is 0.276 e. The monoisotopic (exact) mass is 482 g/mol. The second kappa shape index (κ2) is 10.0. The summed E-state index contributed by atoms with van der Waals surface area (Å²) in [5.74, 6) is 1.33. The van der Waals surface area contributed by atoms with Gasteiger partial charge >= 0.3 is 0 Å². The van der Waals surface area contributed by atoms with Crippen LogP contribution >= 0.6 is 0 Å². The van der Waals surface area contributed by atoms with Gasteiger partial charge in [-0.2, -0.15) is 0 Å². The van der Waals surface area contributed by atoms with Gasteiger partial charge in [-0.05, 0) is 54.7 Å². The molecule has 0 unspecified atom stereocenters. The minimum atomic E-state index is -3.16. The van der Waals surface area contributed by atoms with Gasteiger partial charge in [-0.3, -0.25) is 4.79 Å². The van der Waals surface area contributed by atoms with Gasteiger partial charge in [0.05, 0.1) is 18.1 Å². The Bertz CT molecular complexity index is 1230. The number of rotatable bonds is 8. The first kappa shape index (κ1) is 24.0. The van der Waals surface area contributed by atoms with Crippen LogP contribution in [0.2, 0.25) is 0 Å². The molecule has 2 heterocycles. The van der Waals surface area contributed by atoms with E-state index in [1.54, 1.807) is 11.0 Å². The molecule has 4 rings (SSSR count). The Hall–Kier alpha value is -3.13. The van der Waals surface area contributed by atoms with Gasteiger partial charge in [0.15, 0.2) is 21.3 Å². The molecule has 1 aromatic heterocycles. The van der Waals surface area contributed by atoms with E-state index < -0.39 is 15.9 Å². The maximum atomic E-state index is 13.5. The lowest BCUT2D eigenvalue weighted by Crippen LogP contribution is -2.40. The van der Waals surface area contributed by atoms with Crippen molar-refractivity contribution < 1.29 is 22.5 Å². The van der Waals surface area contributed by atoms with E-state index in [9.17, 15) is 13.2 Å². The van der Waals surface area contributed by atoms with Crippen LogP contribution in [0.25, 0.3) is 11.3 Å². The average molecular weight is 483 g/mol. The van der Waals surface area contributed by atoms with Crippen LogP contribution in [0.15, 0.2) is 59.1 Å². The van der Waals surface area contributed by atoms with Crippen LogP contribution in [0.3, 0.4) is 0 Å². The molecule has 8 heteroatoms. The second-order valence-corrected chi connectivity index (χ2v) is 11.1. The maximum absolute atomic E-state index is 13.5. The highest BCUT2D eigenvalue weighted by atomic mass is 32.2. The first-order chi connectivity index (χ1) is 16.3. The predicted octanol–water partition coefficient (Wildman–Crippen LogP) is 4.69. The third-order valence-corrected chi connectivity index (χ3v) is 7.84. The Balaban J connectivity index is 1.58. The number of sulfone groups is 1. The summed E-state index contributed by atoms with van der Waals surface area (Å²) in [6.07, 6.45) is 0.418. The normalized spacial score (nSPS) is 17.1. The summed E-state index contributed by atoms with van der Waals surface area (Å²) in [4.78, 5) is 15.1. The number of benzene rings is 2. The molecule has 7 nitrogen and oxygen atoms in total. The number of aromatic nitrogens is 1. The van der Waals surface area contributed by atoms with Crippen LogP contribution in [0.1, 0.15) is 54.7 Å². The number of carbonyl (C=O) groups excluding carboxylic acids is 1. The average Bonchev–Trinajstić information content (AvgIpc) is 3.45. The standard InChI is InChI=1S/C26H30N2O5S/c1-4-32-23-11-9-21(10-12-23)25-15-24(27-33-25)26(29)28(22-13-14-34(30,31)17-22)16-19-5-7-20(8-6-19)18(2)3/h5-12,15,18,22H,4,13-14,16-17H2,1-3H3/t22-/m0/s1. The third-order valence-electron chi connectivity index (χ3n) is 6.09. The summed E-state index contributed by atoms with van der Waals surface area (Å²) in [6, 6.07) is 16.7. The van der Waals surface area contributed by atoms with E-state index in [1.165, 1.54) is 5.56 Å². The largest absolute Gasteiger partial charge is 0.494 e. The van der Waals surface area contributed by atoms with Crippen molar-refractivity contribution in [3.05, 3.63) is 71.4 Å². The van der Waals surface area contributed by atoms with Gasteiger partial charge in [-0.25, -0.2) is 8.42 Å². The van der Waals surface area contributed by atoms with Crippen molar-refractivity contribution >= 4 is 15.7 Å². The van der Waals surface area contributed by atoms with Gasteiger partial charge in [-0.15, -0.1) is 0 Å². The first-order valence-electron chi connectivity index (χ1n) is 11.6. The zero-order chi connectivity index (χ0) is 24.3. The smallest absolute Gasteiger partial charge is 0.276 e. The molecule has 1 aliphatic heterocycles. The number of carbonyl (C=O) groups is 1. The van der Waals surface area contributed by atoms with Crippen molar-refractivity contribution in [3.8, 4) is 17.1 Å². The van der Waals surface area contributed by atoms with E-state index in [-0.39, 0.29) is 23.1 Å². The highest BCUT2D eigenvalue weighted by molar-refractivity contribution is 7.91. The van der Waals surface area contributed by atoms with Crippen LogP contribution in [0.4, 0.5) is 0 Å². The minimum absolute atomic E-state index is 0.0353. The number of hydrogen-bond acceptors (Lipinski definition) is 6. The van der Waals surface area contributed by atoms with E-state index in [1.807, 2.05) is 55.5 Å². The molecule has 0 spiro atoms. The fourth-order valence-electron chi connectivity index (χ4n) is 4.13. The Morgan fingerprint density at radius 3 is 2.44 bits per heavy atom. The molecular formula is C26H30N2O5S. The van der Waals surface area contributed by atoms with Crippen molar-refractivity contribution in [2.24, 2.45) is 0 Å². The van der Waals surface area contributed by atoms with Crippen LogP contribution in [-0.2, 0) is 16.4 Å². The SMILES string of the molecule is CCOc1ccc(-c2cc(C(=O)N(Cc3ccc(C(C)C)cc3)[C@H]3CCS(=O)(=O)C3)no2)cc1. The molecule has 2 aromatic carbocycles. The Morgan fingerprint density at radius 1 is 1.15 bits per heavy atom. The van der Waals surface area contributed by atoms with Gasteiger partial charge in [0, 0.05) is 24.2 Å². The van der Waals surface area contributed by atoms with Crippen molar-refractivity contribution in [2.75, 3.05) is 18.1 Å². The summed E-state index contributed by atoms with van der Waals surface area (Å²) in [5.41, 5.74) is 3.08. The quantitative estimate of drug-likeness (QED) is 0.463. The Morgan fingerprint density at radius 2 is 1.85 bits per heavy atom. The lowest BCUT2D eigenvalue weighted by molar-refractivity contribution is 0.0670. The molecule has 3 aromatic rings. The summed E-state index contributed by atoms with van der Waals surface area (Å²) in [6.45, 7) is 7.06. The lowest BCUT2D eigenvalue weighted by atomic mass is 10.0. The molecule has 1 aliphatic rings. The summed E-state index contributed by atoms with van der Waals surface area (Å²) < 4.78 is 35.2. The summed E-state index contributed by atoms with van der Waals surface area (Å²) in [5, 5.41) is 4.01. The third kappa shape index (κ3) is 5.50. The second-order valence-electron chi connectivity index (χ2n) is 8.92. The van der Waals surface area contributed by atoms with Crippen molar-refractivity contribution in [2.45, 2.75) is 45.7 Å². The molecular weight excluding hydrogens is 452 g/mol. The number of nitrogens with zero attached hydrogens (tertiary/aromatic N) is 2. The topological polar surface area (TPSA) is 89.7 Å². The molecule has 34 heavy (non-hydrogen) atoms. The predicted molar refractivity (Wildman–Crippen MR) is 131 cm³/mol. The van der Waals surface area contributed by atoms with E-state index in [2.05, 4.69) is 19.0 Å². The fraction of sp³-hybridized carbons (Fsp3) is 0.385. The first-order valence-corrected chi connectivity index (χ1v) is 13.4. The van der Waals surface area contributed by atoms with Gasteiger partial charge < -0.3 is 14.2 Å². The molecule has 0 saturated carbocycles. The van der Waals surface area contributed by atoms with Gasteiger partial charge in [0.1, 0.15) is 5.75 Å². The minimum Gasteiger partial charge on any atom is -0.494 e. The summed E-state index contributed by atoms with van der Waals surface area (Å²) in [7, 11) is -3.16. The van der Waals surface area contributed by atoms with Crippen molar-refractivity contribution in [3.63, 3.8) is 0 Å². The lowest BCUT2D eigenvalue weighted by Gasteiger charge is -2.27. The van der Waals surface area contributed by atoms with E-state index in [4.69, 9.17) is 9.26 Å². The zero-order valence-corrected chi connectivity index (χ0v) is 20.5. The molecule has 180 valence electrons. The van der Waals surface area contributed by atoms with E-state index in [0.29, 0.717) is 31.3 Å². The fourth-order valence-corrected chi connectivity index (χ4v) is 5.86. The number of ether oxygens (including phenoxy) is 1. The highest BCUT2D eigenvalue weighted by Crippen LogP contribution is 2.27. The highest BCUT2D eigenvalue weighted by Gasteiger charge is 2.36. The van der Waals surface area contributed by atoms with Crippen molar-refractivity contribution in [1.82, 2.24) is 10.1 Å². The molecule has 1 fully saturated rings. The molecule has 1 atom stereocenters. The molecule has 1 amide bonds. The molecule has 0 N–H and O–H groups in total. The van der Waals surface area contributed by atoms with E-state index in [0.717, 1.165) is 16.9 Å². The van der Waals surface area contributed by atoms with Crippen LogP contribution < -0.4 is 4.74 Å². The molecule has 1 saturated heterocycles. The van der Waals surface area contributed by atoms with Gasteiger partial charge in [-0.1, -0.05) is 43.3 Å². The number of hydrogen-bond donors (Lipinski definition) is 0.